The number of nitrogens with one attached hydrogen (secondary N) is 1. The molecule has 1 heterocycles. The summed E-state index contributed by atoms with van der Waals surface area (Å²) in [7, 11) is 0. The molecule has 102 valence electrons. The maximum absolute atomic E-state index is 9.50. The molecule has 0 radical (unpaired) electrons. The molecule has 1 aliphatic carbocycles. The first-order valence-corrected chi connectivity index (χ1v) is 6.97. The molecule has 0 saturated heterocycles. The van der Waals surface area contributed by atoms with Gasteiger partial charge in [-0.1, -0.05) is 30.3 Å². The zero-order valence-electron chi connectivity index (χ0n) is 11.6. The Morgan fingerprint density at radius 3 is 2.60 bits per heavy atom. The van der Waals surface area contributed by atoms with Crippen molar-refractivity contribution in [3.63, 3.8) is 0 Å². The van der Waals surface area contributed by atoms with E-state index in [0.717, 1.165) is 36.5 Å². The zero-order chi connectivity index (χ0) is 14.0. The summed E-state index contributed by atoms with van der Waals surface area (Å²) < 4.78 is 5.54. The minimum atomic E-state index is -0.308. The normalized spacial score (nSPS) is 24.9. The number of aryl methyl sites for hydroxylation is 1. The lowest BCUT2D eigenvalue weighted by atomic mass is 9.62. The van der Waals surface area contributed by atoms with Crippen LogP contribution in [0.5, 0.6) is 0 Å². The van der Waals surface area contributed by atoms with E-state index in [1.54, 1.807) is 0 Å². The van der Waals surface area contributed by atoms with E-state index >= 15 is 0 Å². The fourth-order valence-corrected chi connectivity index (χ4v) is 2.90. The Hall–Kier alpha value is -2.05. The van der Waals surface area contributed by atoms with Crippen molar-refractivity contribution >= 4 is 0 Å². The molecule has 0 unspecified atom stereocenters. The Morgan fingerprint density at radius 1 is 1.25 bits per heavy atom. The van der Waals surface area contributed by atoms with E-state index in [4.69, 9.17) is 4.42 Å². The van der Waals surface area contributed by atoms with Crippen LogP contribution in [-0.4, -0.2) is 6.04 Å². The summed E-state index contributed by atoms with van der Waals surface area (Å²) in [5.74, 6) is 1.89. The van der Waals surface area contributed by atoms with Crippen LogP contribution >= 0.6 is 0 Å². The lowest BCUT2D eigenvalue weighted by Gasteiger charge is -2.43. The third-order valence-electron chi connectivity index (χ3n) is 4.09. The smallest absolute Gasteiger partial charge is 0.117 e. The lowest BCUT2D eigenvalue weighted by molar-refractivity contribution is 0.221. The second kappa shape index (κ2) is 5.15. The van der Waals surface area contributed by atoms with Crippen molar-refractivity contribution in [2.45, 2.75) is 37.8 Å². The fraction of sp³-hybridized carbons (Fsp3) is 0.353. The van der Waals surface area contributed by atoms with Crippen LogP contribution in [0, 0.1) is 18.3 Å². The SMILES string of the molecule is Cc1ccc(CNC2CC(C#N)(c3ccccc3)C2)o1. The molecular weight excluding hydrogens is 248 g/mol. The predicted octanol–water partition coefficient (Wildman–Crippen LogP) is 3.30. The Kier molecular flexibility index (Phi) is 3.33. The minimum absolute atomic E-state index is 0.308. The van der Waals surface area contributed by atoms with Crippen molar-refractivity contribution in [1.82, 2.24) is 5.32 Å². The molecule has 2 aromatic rings. The van der Waals surface area contributed by atoms with Gasteiger partial charge in [0.05, 0.1) is 18.0 Å². The maximum atomic E-state index is 9.50. The summed E-state index contributed by atoms with van der Waals surface area (Å²) in [6, 6.07) is 17.0. The zero-order valence-corrected chi connectivity index (χ0v) is 11.6. The molecule has 1 aromatic carbocycles. The van der Waals surface area contributed by atoms with Crippen molar-refractivity contribution in [3.8, 4) is 6.07 Å². The molecule has 1 aromatic heterocycles. The molecule has 1 aliphatic rings. The molecule has 0 atom stereocenters. The summed E-state index contributed by atoms with van der Waals surface area (Å²) in [5, 5.41) is 13.0. The number of furan rings is 1. The largest absolute Gasteiger partial charge is 0.465 e. The average Bonchev–Trinajstić information content (AvgIpc) is 2.85. The number of hydrogen-bond acceptors (Lipinski definition) is 3. The van der Waals surface area contributed by atoms with E-state index in [1.807, 2.05) is 37.3 Å². The summed E-state index contributed by atoms with van der Waals surface area (Å²) in [4.78, 5) is 0. The third kappa shape index (κ3) is 2.35. The van der Waals surface area contributed by atoms with Crippen LogP contribution in [-0.2, 0) is 12.0 Å². The topological polar surface area (TPSA) is 49.0 Å². The second-order valence-corrected chi connectivity index (χ2v) is 5.56. The van der Waals surface area contributed by atoms with Crippen molar-refractivity contribution in [1.29, 1.82) is 5.26 Å². The van der Waals surface area contributed by atoms with Crippen molar-refractivity contribution in [3.05, 3.63) is 59.5 Å². The summed E-state index contributed by atoms with van der Waals surface area (Å²) in [5.41, 5.74) is 0.826. The number of benzene rings is 1. The Morgan fingerprint density at radius 2 is 2.00 bits per heavy atom. The molecule has 20 heavy (non-hydrogen) atoms. The molecule has 3 rings (SSSR count). The number of hydrogen-bond donors (Lipinski definition) is 1. The van der Waals surface area contributed by atoms with Crippen LogP contribution in [0.3, 0.4) is 0 Å². The maximum Gasteiger partial charge on any atom is 0.117 e. The average molecular weight is 266 g/mol. The van der Waals surface area contributed by atoms with Crippen LogP contribution < -0.4 is 5.32 Å². The number of nitrogens with zero attached hydrogens (tertiary/aromatic N) is 1. The van der Waals surface area contributed by atoms with Crippen LogP contribution in [0.25, 0.3) is 0 Å². The monoisotopic (exact) mass is 266 g/mol. The van der Waals surface area contributed by atoms with E-state index in [-0.39, 0.29) is 5.41 Å². The van der Waals surface area contributed by atoms with Crippen molar-refractivity contribution < 1.29 is 4.42 Å². The Bertz CT molecular complexity index is 618. The molecule has 0 amide bonds. The van der Waals surface area contributed by atoms with Gasteiger partial charge in [-0.2, -0.15) is 5.26 Å². The minimum Gasteiger partial charge on any atom is -0.465 e. The summed E-state index contributed by atoms with van der Waals surface area (Å²) in [6.07, 6.45) is 1.74. The Labute approximate surface area is 119 Å². The van der Waals surface area contributed by atoms with Gasteiger partial charge in [-0.3, -0.25) is 0 Å². The van der Waals surface area contributed by atoms with Gasteiger partial charge in [0.15, 0.2) is 0 Å². The first kappa shape index (κ1) is 13.0. The highest BCUT2D eigenvalue weighted by Crippen LogP contribution is 2.43. The van der Waals surface area contributed by atoms with Crippen LogP contribution in [0.15, 0.2) is 46.9 Å². The molecule has 0 bridgehead atoms. The van der Waals surface area contributed by atoms with Crippen LogP contribution in [0.2, 0.25) is 0 Å². The fourth-order valence-electron chi connectivity index (χ4n) is 2.90. The van der Waals surface area contributed by atoms with Crippen molar-refractivity contribution in [2.24, 2.45) is 0 Å². The third-order valence-corrected chi connectivity index (χ3v) is 4.09. The molecule has 1 fully saturated rings. The molecule has 3 heteroatoms. The van der Waals surface area contributed by atoms with E-state index in [1.165, 1.54) is 0 Å². The van der Waals surface area contributed by atoms with E-state index < -0.39 is 0 Å². The van der Waals surface area contributed by atoms with Crippen LogP contribution in [0.1, 0.15) is 29.9 Å². The predicted molar refractivity (Wildman–Crippen MR) is 77.0 cm³/mol. The van der Waals surface area contributed by atoms with Gasteiger partial charge in [-0.05, 0) is 37.5 Å². The molecular formula is C17H18N2O. The van der Waals surface area contributed by atoms with Gasteiger partial charge >= 0.3 is 0 Å². The van der Waals surface area contributed by atoms with E-state index in [9.17, 15) is 5.26 Å². The quantitative estimate of drug-likeness (QED) is 0.923. The summed E-state index contributed by atoms with van der Waals surface area (Å²) in [6.45, 7) is 2.68. The van der Waals surface area contributed by atoms with Gasteiger partial charge in [-0.15, -0.1) is 0 Å². The first-order valence-electron chi connectivity index (χ1n) is 6.97. The van der Waals surface area contributed by atoms with Gasteiger partial charge in [0.25, 0.3) is 0 Å². The molecule has 3 nitrogen and oxygen atoms in total. The highest BCUT2D eigenvalue weighted by atomic mass is 16.3. The van der Waals surface area contributed by atoms with Gasteiger partial charge in [0.2, 0.25) is 0 Å². The van der Waals surface area contributed by atoms with Crippen molar-refractivity contribution in [2.75, 3.05) is 0 Å². The van der Waals surface area contributed by atoms with Gasteiger partial charge < -0.3 is 9.73 Å². The molecule has 1 N–H and O–H groups in total. The standard InChI is InChI=1S/C17H18N2O/c1-13-7-8-16(20-13)11-19-15-9-17(10-15,12-18)14-5-3-2-4-6-14/h2-8,15,19H,9-11H2,1H3. The van der Waals surface area contributed by atoms with Crippen LogP contribution in [0.4, 0.5) is 0 Å². The number of rotatable bonds is 4. The first-order chi connectivity index (χ1) is 9.72. The van der Waals surface area contributed by atoms with Gasteiger partial charge in [0.1, 0.15) is 11.5 Å². The molecule has 1 saturated carbocycles. The Balaban J connectivity index is 1.58. The summed E-state index contributed by atoms with van der Waals surface area (Å²) >= 11 is 0. The van der Waals surface area contributed by atoms with Gasteiger partial charge in [-0.25, -0.2) is 0 Å². The number of nitriles is 1. The lowest BCUT2D eigenvalue weighted by Crippen LogP contribution is -2.50. The highest BCUT2D eigenvalue weighted by molar-refractivity contribution is 5.36. The second-order valence-electron chi connectivity index (χ2n) is 5.56. The van der Waals surface area contributed by atoms with E-state index in [0.29, 0.717) is 6.04 Å². The van der Waals surface area contributed by atoms with E-state index in [2.05, 4.69) is 23.5 Å². The van der Waals surface area contributed by atoms with Gasteiger partial charge in [0, 0.05) is 6.04 Å². The molecule has 0 aliphatic heterocycles. The highest BCUT2D eigenvalue weighted by Gasteiger charge is 2.45. The molecule has 0 spiro atoms.